The van der Waals surface area contributed by atoms with Crippen molar-refractivity contribution in [2.24, 2.45) is 0 Å². The summed E-state index contributed by atoms with van der Waals surface area (Å²) in [7, 11) is 0. The third-order valence-electron chi connectivity index (χ3n) is 5.47. The molecule has 0 bridgehead atoms. The van der Waals surface area contributed by atoms with Gasteiger partial charge in [0.15, 0.2) is 0 Å². The highest BCUT2D eigenvalue weighted by molar-refractivity contribution is 6.39. The van der Waals surface area contributed by atoms with Gasteiger partial charge in [0, 0.05) is 44.1 Å². The van der Waals surface area contributed by atoms with Gasteiger partial charge in [0.05, 0.1) is 0 Å². The van der Waals surface area contributed by atoms with E-state index in [0.29, 0.717) is 12.2 Å². The molecule has 0 atom stereocenters. The van der Waals surface area contributed by atoms with E-state index >= 15 is 0 Å². The van der Waals surface area contributed by atoms with Gasteiger partial charge in [0.1, 0.15) is 5.82 Å². The smallest absolute Gasteiger partial charge is 0.313 e. The van der Waals surface area contributed by atoms with E-state index in [1.54, 1.807) is 6.07 Å². The van der Waals surface area contributed by atoms with Crippen molar-refractivity contribution in [2.45, 2.75) is 20.3 Å². The lowest BCUT2D eigenvalue weighted by Gasteiger charge is -2.36. The molecule has 0 spiro atoms. The molecule has 1 saturated heterocycles. The number of amides is 2. The molecule has 3 rings (SSSR count). The molecule has 0 saturated carbocycles. The van der Waals surface area contributed by atoms with Crippen LogP contribution in [0, 0.1) is 19.7 Å². The van der Waals surface area contributed by atoms with Gasteiger partial charge in [-0.3, -0.25) is 14.5 Å². The molecule has 2 aromatic carbocycles. The second-order valence-electron chi connectivity index (χ2n) is 7.67. The molecular formula is C23H29FN4O2. The number of hydrogen-bond acceptors (Lipinski definition) is 4. The number of nitrogens with zero attached hydrogens (tertiary/aromatic N) is 2. The number of nitrogens with one attached hydrogen (secondary N) is 2. The quantitative estimate of drug-likeness (QED) is 0.566. The minimum absolute atomic E-state index is 0.220. The fourth-order valence-electron chi connectivity index (χ4n) is 3.47. The fourth-order valence-corrected chi connectivity index (χ4v) is 3.47. The number of carbonyl (C=O) groups is 2. The zero-order valence-electron chi connectivity index (χ0n) is 17.6. The molecule has 7 heteroatoms. The highest BCUT2D eigenvalue weighted by Gasteiger charge is 2.17. The molecule has 0 aliphatic carbocycles. The maximum atomic E-state index is 13.1. The lowest BCUT2D eigenvalue weighted by Crippen LogP contribution is -2.47. The van der Waals surface area contributed by atoms with Crippen molar-refractivity contribution in [1.82, 2.24) is 10.2 Å². The van der Waals surface area contributed by atoms with Crippen molar-refractivity contribution in [3.8, 4) is 0 Å². The topological polar surface area (TPSA) is 64.7 Å². The second-order valence-corrected chi connectivity index (χ2v) is 7.67. The van der Waals surface area contributed by atoms with Crippen molar-refractivity contribution in [2.75, 3.05) is 49.5 Å². The Bertz CT molecular complexity index is 877. The molecule has 30 heavy (non-hydrogen) atoms. The van der Waals surface area contributed by atoms with Gasteiger partial charge in [0.25, 0.3) is 0 Å². The Morgan fingerprint density at radius 1 is 0.933 bits per heavy atom. The maximum absolute atomic E-state index is 13.1. The third-order valence-corrected chi connectivity index (χ3v) is 5.47. The first kappa shape index (κ1) is 21.8. The first-order valence-electron chi connectivity index (χ1n) is 10.3. The van der Waals surface area contributed by atoms with E-state index < -0.39 is 11.8 Å². The number of benzene rings is 2. The minimum Gasteiger partial charge on any atom is -0.369 e. The van der Waals surface area contributed by atoms with Crippen LogP contribution in [-0.2, 0) is 9.59 Å². The van der Waals surface area contributed by atoms with Crippen LogP contribution in [0.3, 0.4) is 0 Å². The Labute approximate surface area is 177 Å². The van der Waals surface area contributed by atoms with Crippen molar-refractivity contribution in [3.63, 3.8) is 0 Å². The number of aryl methyl sites for hydroxylation is 2. The predicted octanol–water partition coefficient (Wildman–Crippen LogP) is 2.71. The Morgan fingerprint density at radius 2 is 1.63 bits per heavy atom. The van der Waals surface area contributed by atoms with Crippen LogP contribution in [0.15, 0.2) is 42.5 Å². The molecule has 1 fully saturated rings. The van der Waals surface area contributed by atoms with Crippen LogP contribution in [0.5, 0.6) is 0 Å². The van der Waals surface area contributed by atoms with Gasteiger partial charge < -0.3 is 15.5 Å². The van der Waals surface area contributed by atoms with Crippen molar-refractivity contribution in [1.29, 1.82) is 0 Å². The second kappa shape index (κ2) is 10.2. The van der Waals surface area contributed by atoms with Gasteiger partial charge in [-0.05, 0) is 74.3 Å². The van der Waals surface area contributed by atoms with Gasteiger partial charge in [-0.1, -0.05) is 6.07 Å². The van der Waals surface area contributed by atoms with Crippen molar-refractivity contribution in [3.05, 3.63) is 59.4 Å². The molecule has 6 nitrogen and oxygen atoms in total. The molecule has 0 radical (unpaired) electrons. The molecule has 2 N–H and O–H groups in total. The standard InChI is InChI=1S/C23H29FN4O2/c1-17-4-7-20(16-18(17)2)26-23(30)22(29)25-10-3-11-27-12-14-28(15-13-27)21-8-5-19(24)6-9-21/h4-9,16H,3,10-15H2,1-2H3,(H,25,29)(H,26,30). The molecule has 160 valence electrons. The average Bonchev–Trinajstić information content (AvgIpc) is 2.74. The fraction of sp³-hybridized carbons (Fsp3) is 0.391. The lowest BCUT2D eigenvalue weighted by atomic mass is 10.1. The third kappa shape index (κ3) is 6.03. The van der Waals surface area contributed by atoms with Crippen LogP contribution in [0.4, 0.5) is 15.8 Å². The summed E-state index contributed by atoms with van der Waals surface area (Å²) >= 11 is 0. The summed E-state index contributed by atoms with van der Waals surface area (Å²) in [5.74, 6) is -1.48. The van der Waals surface area contributed by atoms with Crippen LogP contribution in [-0.4, -0.2) is 56.0 Å². The van der Waals surface area contributed by atoms with Crippen LogP contribution in [0.1, 0.15) is 17.5 Å². The summed E-state index contributed by atoms with van der Waals surface area (Å²) < 4.78 is 13.1. The number of anilines is 2. The van der Waals surface area contributed by atoms with Crippen molar-refractivity contribution >= 4 is 23.2 Å². The predicted molar refractivity (Wildman–Crippen MR) is 117 cm³/mol. The Morgan fingerprint density at radius 3 is 2.30 bits per heavy atom. The first-order valence-corrected chi connectivity index (χ1v) is 10.3. The monoisotopic (exact) mass is 412 g/mol. The molecule has 2 aromatic rings. The number of halogens is 1. The summed E-state index contributed by atoms with van der Waals surface area (Å²) in [5, 5.41) is 5.32. The van der Waals surface area contributed by atoms with Gasteiger partial charge in [-0.15, -0.1) is 0 Å². The number of hydrogen-bond donors (Lipinski definition) is 2. The summed E-state index contributed by atoms with van der Waals surface area (Å²) in [4.78, 5) is 28.6. The first-order chi connectivity index (χ1) is 14.4. The van der Waals surface area contributed by atoms with E-state index in [1.165, 1.54) is 12.1 Å². The van der Waals surface area contributed by atoms with Gasteiger partial charge >= 0.3 is 11.8 Å². The molecule has 0 unspecified atom stereocenters. The number of rotatable bonds is 6. The number of piperazine rings is 1. The lowest BCUT2D eigenvalue weighted by molar-refractivity contribution is -0.136. The van der Waals surface area contributed by atoms with Crippen LogP contribution in [0.25, 0.3) is 0 Å². The molecule has 1 aliphatic heterocycles. The summed E-state index contributed by atoms with van der Waals surface area (Å²) in [5.41, 5.74) is 3.86. The molecule has 2 amide bonds. The van der Waals surface area contributed by atoms with E-state index in [-0.39, 0.29) is 5.82 Å². The van der Waals surface area contributed by atoms with E-state index in [0.717, 1.165) is 56.0 Å². The largest absolute Gasteiger partial charge is 0.369 e. The minimum atomic E-state index is -0.647. The van der Waals surface area contributed by atoms with Crippen LogP contribution >= 0.6 is 0 Å². The van der Waals surface area contributed by atoms with E-state index in [2.05, 4.69) is 20.4 Å². The summed E-state index contributed by atoms with van der Waals surface area (Å²) in [6.07, 6.45) is 0.777. The van der Waals surface area contributed by atoms with E-state index in [9.17, 15) is 14.0 Å². The Balaban J connectivity index is 1.33. The van der Waals surface area contributed by atoms with Gasteiger partial charge in [0.2, 0.25) is 0 Å². The average molecular weight is 413 g/mol. The van der Waals surface area contributed by atoms with Gasteiger partial charge in [-0.2, -0.15) is 0 Å². The maximum Gasteiger partial charge on any atom is 0.313 e. The summed E-state index contributed by atoms with van der Waals surface area (Å²) in [6.45, 7) is 8.87. The zero-order valence-corrected chi connectivity index (χ0v) is 17.6. The Hall–Kier alpha value is -2.93. The highest BCUT2D eigenvalue weighted by Crippen LogP contribution is 2.17. The highest BCUT2D eigenvalue weighted by atomic mass is 19.1. The number of carbonyl (C=O) groups excluding carboxylic acids is 2. The van der Waals surface area contributed by atoms with Crippen LogP contribution in [0.2, 0.25) is 0 Å². The summed E-state index contributed by atoms with van der Waals surface area (Å²) in [6, 6.07) is 12.2. The van der Waals surface area contributed by atoms with Crippen molar-refractivity contribution < 1.29 is 14.0 Å². The molecular weight excluding hydrogens is 383 g/mol. The van der Waals surface area contributed by atoms with Crippen LogP contribution < -0.4 is 15.5 Å². The molecule has 1 aliphatic rings. The van der Waals surface area contributed by atoms with E-state index in [1.807, 2.05) is 38.1 Å². The molecule has 1 heterocycles. The van der Waals surface area contributed by atoms with Gasteiger partial charge in [-0.25, -0.2) is 4.39 Å². The Kier molecular flexibility index (Phi) is 7.41. The SMILES string of the molecule is Cc1ccc(NC(=O)C(=O)NCCCN2CCN(c3ccc(F)cc3)CC2)cc1C. The molecule has 0 aromatic heterocycles. The zero-order chi connectivity index (χ0) is 21.5. The normalized spacial score (nSPS) is 14.4. The van der Waals surface area contributed by atoms with E-state index in [4.69, 9.17) is 0 Å².